The van der Waals surface area contributed by atoms with Gasteiger partial charge in [0, 0.05) is 23.8 Å². The van der Waals surface area contributed by atoms with Crippen molar-refractivity contribution in [3.63, 3.8) is 0 Å². The number of hydrogen-bond acceptors (Lipinski definition) is 2. The molecule has 5 heteroatoms. The quantitative estimate of drug-likeness (QED) is 0.768. The van der Waals surface area contributed by atoms with Crippen molar-refractivity contribution < 1.29 is 14.7 Å². The van der Waals surface area contributed by atoms with Crippen LogP contribution in [0.2, 0.25) is 0 Å². The average Bonchev–Trinajstić information content (AvgIpc) is 3.18. The summed E-state index contributed by atoms with van der Waals surface area (Å²) in [5.74, 6) is -1.25. The number of carbonyl (C=O) groups excluding carboxylic acids is 1. The van der Waals surface area contributed by atoms with Crippen molar-refractivity contribution in [3.8, 4) is 0 Å². The Balaban J connectivity index is 1.74. The lowest BCUT2D eigenvalue weighted by Crippen LogP contribution is -2.14. The van der Waals surface area contributed by atoms with Crippen LogP contribution < -0.4 is 5.32 Å². The van der Waals surface area contributed by atoms with Crippen LogP contribution in [0.4, 0.5) is 5.69 Å². The predicted molar refractivity (Wildman–Crippen MR) is 96.3 cm³/mol. The van der Waals surface area contributed by atoms with Gasteiger partial charge in [0.15, 0.2) is 0 Å². The molecule has 0 atom stereocenters. The number of rotatable bonds is 3. The fourth-order valence-corrected chi connectivity index (χ4v) is 3.78. The van der Waals surface area contributed by atoms with Crippen molar-refractivity contribution >= 4 is 28.5 Å². The number of para-hydroxylation sites is 1. The molecule has 5 nitrogen and oxygen atoms in total. The van der Waals surface area contributed by atoms with E-state index >= 15 is 0 Å². The summed E-state index contributed by atoms with van der Waals surface area (Å²) in [6.45, 7) is 0. The van der Waals surface area contributed by atoms with Crippen LogP contribution in [0.1, 0.15) is 38.4 Å². The first-order valence-electron chi connectivity index (χ1n) is 8.30. The number of amides is 1. The summed E-state index contributed by atoms with van der Waals surface area (Å²) in [5.41, 5.74) is 4.83. The van der Waals surface area contributed by atoms with Crippen molar-refractivity contribution in [1.29, 1.82) is 0 Å². The fourth-order valence-electron chi connectivity index (χ4n) is 3.78. The second kappa shape index (κ2) is 5.77. The summed E-state index contributed by atoms with van der Waals surface area (Å²) in [7, 11) is 2.01. The number of aromatic nitrogens is 1. The molecule has 0 fully saturated rings. The zero-order chi connectivity index (χ0) is 17.6. The Morgan fingerprint density at radius 2 is 1.92 bits per heavy atom. The molecule has 1 aliphatic rings. The molecule has 0 radical (unpaired) electrons. The van der Waals surface area contributed by atoms with E-state index in [0.717, 1.165) is 30.2 Å². The van der Waals surface area contributed by atoms with E-state index in [9.17, 15) is 9.59 Å². The zero-order valence-corrected chi connectivity index (χ0v) is 13.9. The number of anilines is 1. The van der Waals surface area contributed by atoms with Gasteiger partial charge >= 0.3 is 5.97 Å². The maximum Gasteiger partial charge on any atom is 0.335 e. The number of benzene rings is 2. The lowest BCUT2D eigenvalue weighted by Gasteiger charge is -2.10. The number of aromatic carboxylic acids is 1. The maximum atomic E-state index is 12.8. The first-order chi connectivity index (χ1) is 12.1. The van der Waals surface area contributed by atoms with E-state index < -0.39 is 5.97 Å². The summed E-state index contributed by atoms with van der Waals surface area (Å²) in [5, 5.41) is 13.1. The standard InChI is InChI=1S/C20H18N2O3/c1-22-17-10-4-7-14(17)15-8-3-9-16(18(15)22)19(23)21-13-6-2-5-12(11-13)20(24)25/h2-3,5-6,8-9,11H,4,7,10H2,1H3,(H,21,23)(H,24,25). The van der Waals surface area contributed by atoms with E-state index in [2.05, 4.69) is 16.0 Å². The number of aryl methyl sites for hydroxylation is 2. The van der Waals surface area contributed by atoms with Crippen molar-refractivity contribution in [2.45, 2.75) is 19.3 Å². The van der Waals surface area contributed by atoms with Gasteiger partial charge in [-0.05, 0) is 49.1 Å². The van der Waals surface area contributed by atoms with Crippen molar-refractivity contribution in [3.05, 3.63) is 64.8 Å². The highest BCUT2D eigenvalue weighted by Gasteiger charge is 2.23. The van der Waals surface area contributed by atoms with Gasteiger partial charge in [-0.25, -0.2) is 4.79 Å². The highest BCUT2D eigenvalue weighted by Crippen LogP contribution is 2.34. The third-order valence-corrected chi connectivity index (χ3v) is 4.90. The third-order valence-electron chi connectivity index (χ3n) is 4.90. The smallest absolute Gasteiger partial charge is 0.335 e. The van der Waals surface area contributed by atoms with Crippen LogP contribution in [0, 0.1) is 0 Å². The Morgan fingerprint density at radius 3 is 2.72 bits per heavy atom. The molecule has 126 valence electrons. The van der Waals surface area contributed by atoms with Gasteiger partial charge < -0.3 is 15.0 Å². The lowest BCUT2D eigenvalue weighted by atomic mass is 10.1. The van der Waals surface area contributed by atoms with E-state index in [0.29, 0.717) is 11.3 Å². The fraction of sp³-hybridized carbons (Fsp3) is 0.200. The first kappa shape index (κ1) is 15.4. The van der Waals surface area contributed by atoms with Crippen molar-refractivity contribution in [1.82, 2.24) is 4.57 Å². The van der Waals surface area contributed by atoms with Crippen molar-refractivity contribution in [2.75, 3.05) is 5.32 Å². The number of carboxylic acids is 1. The molecule has 0 spiro atoms. The van der Waals surface area contributed by atoms with Crippen LogP contribution in [0.25, 0.3) is 10.9 Å². The molecule has 4 rings (SSSR count). The predicted octanol–water partition coefficient (Wildman–Crippen LogP) is 3.62. The molecule has 0 unspecified atom stereocenters. The molecular weight excluding hydrogens is 316 g/mol. The van der Waals surface area contributed by atoms with Gasteiger partial charge in [-0.1, -0.05) is 18.2 Å². The molecule has 1 aliphatic carbocycles. The molecular formula is C20H18N2O3. The van der Waals surface area contributed by atoms with Crippen LogP contribution >= 0.6 is 0 Å². The summed E-state index contributed by atoms with van der Waals surface area (Å²) < 4.78 is 2.13. The maximum absolute atomic E-state index is 12.8. The Hall–Kier alpha value is -3.08. The minimum atomic E-state index is -1.02. The van der Waals surface area contributed by atoms with Gasteiger partial charge in [-0.3, -0.25) is 4.79 Å². The van der Waals surface area contributed by atoms with Gasteiger partial charge in [0.2, 0.25) is 0 Å². The van der Waals surface area contributed by atoms with Crippen LogP contribution in [0.5, 0.6) is 0 Å². The Bertz CT molecular complexity index is 1020. The van der Waals surface area contributed by atoms with E-state index in [1.807, 2.05) is 19.2 Å². The van der Waals surface area contributed by atoms with Gasteiger partial charge in [0.25, 0.3) is 5.91 Å². The minimum absolute atomic E-state index is 0.147. The number of fused-ring (bicyclic) bond motifs is 3. The number of hydrogen-bond donors (Lipinski definition) is 2. The van der Waals surface area contributed by atoms with Crippen LogP contribution in [0.15, 0.2) is 42.5 Å². The van der Waals surface area contributed by atoms with Gasteiger partial charge in [0.1, 0.15) is 0 Å². The Morgan fingerprint density at radius 1 is 1.12 bits per heavy atom. The largest absolute Gasteiger partial charge is 0.478 e. The summed E-state index contributed by atoms with van der Waals surface area (Å²) in [6, 6.07) is 12.1. The molecule has 0 saturated carbocycles. The lowest BCUT2D eigenvalue weighted by molar-refractivity contribution is 0.0696. The highest BCUT2D eigenvalue weighted by molar-refractivity contribution is 6.13. The first-order valence-corrected chi connectivity index (χ1v) is 8.30. The summed E-state index contributed by atoms with van der Waals surface area (Å²) in [4.78, 5) is 23.9. The molecule has 1 amide bonds. The summed E-state index contributed by atoms with van der Waals surface area (Å²) in [6.07, 6.45) is 3.26. The minimum Gasteiger partial charge on any atom is -0.478 e. The molecule has 0 saturated heterocycles. The molecule has 1 heterocycles. The molecule has 2 N–H and O–H groups in total. The number of carboxylic acid groups (broad SMARTS) is 1. The second-order valence-electron chi connectivity index (χ2n) is 6.38. The van der Waals surface area contributed by atoms with E-state index in [1.54, 1.807) is 12.1 Å². The molecule has 1 aromatic heterocycles. The van der Waals surface area contributed by atoms with Gasteiger partial charge in [-0.2, -0.15) is 0 Å². The van der Waals surface area contributed by atoms with Crippen LogP contribution in [-0.4, -0.2) is 21.6 Å². The Labute approximate surface area is 144 Å². The highest BCUT2D eigenvalue weighted by atomic mass is 16.4. The van der Waals surface area contributed by atoms with Crippen LogP contribution in [-0.2, 0) is 19.9 Å². The molecule has 3 aromatic rings. The summed E-state index contributed by atoms with van der Waals surface area (Å²) >= 11 is 0. The van der Waals surface area contributed by atoms with E-state index in [1.165, 1.54) is 23.4 Å². The third kappa shape index (κ3) is 2.48. The van der Waals surface area contributed by atoms with E-state index in [-0.39, 0.29) is 11.5 Å². The number of nitrogens with one attached hydrogen (secondary N) is 1. The topological polar surface area (TPSA) is 71.3 Å². The second-order valence-corrected chi connectivity index (χ2v) is 6.38. The Kier molecular flexibility index (Phi) is 3.57. The number of nitrogens with zero attached hydrogens (tertiary/aromatic N) is 1. The zero-order valence-electron chi connectivity index (χ0n) is 13.9. The van der Waals surface area contributed by atoms with Gasteiger partial charge in [0.05, 0.1) is 16.6 Å². The molecule has 25 heavy (non-hydrogen) atoms. The van der Waals surface area contributed by atoms with E-state index in [4.69, 9.17) is 5.11 Å². The monoisotopic (exact) mass is 334 g/mol. The van der Waals surface area contributed by atoms with Crippen LogP contribution in [0.3, 0.4) is 0 Å². The number of carbonyl (C=O) groups is 2. The average molecular weight is 334 g/mol. The molecule has 2 aromatic carbocycles. The normalized spacial score (nSPS) is 13.0. The SMILES string of the molecule is Cn1c2c(c3cccc(C(=O)Nc4cccc(C(=O)O)c4)c31)CCC2. The van der Waals surface area contributed by atoms with Gasteiger partial charge in [-0.15, -0.1) is 0 Å². The molecule has 0 bridgehead atoms. The van der Waals surface area contributed by atoms with Crippen molar-refractivity contribution in [2.24, 2.45) is 7.05 Å². The molecule has 0 aliphatic heterocycles.